The molecule has 2 rings (SSSR count). The van der Waals surface area contributed by atoms with E-state index < -0.39 is 8.32 Å². The number of hydrogen-bond donors (Lipinski definition) is 1. The van der Waals surface area contributed by atoms with Crippen molar-refractivity contribution in [3.63, 3.8) is 0 Å². The molecule has 1 aromatic carbocycles. The first-order valence-corrected chi connectivity index (χ1v) is 14.6. The molecule has 31 heavy (non-hydrogen) atoms. The molecule has 1 aromatic rings. The standard InChI is InChI=1S/C25H41NO4Si/c1-7-25(15-10-17-27)16-13-20(19-25)21(14-18-30-31(5,6)24(2,3)4)22-11-8-9-12-23(22)26(28)29/h8-9,11-12,19,21,27H,7,10,13-18H2,1-6H3/t21?,25-/m1/s1. The summed E-state index contributed by atoms with van der Waals surface area (Å²) in [5.74, 6) is -0.00563. The lowest BCUT2D eigenvalue weighted by Crippen LogP contribution is -2.41. The highest BCUT2D eigenvalue weighted by Crippen LogP contribution is 2.49. The molecule has 0 amide bonds. The van der Waals surface area contributed by atoms with Gasteiger partial charge in [0.1, 0.15) is 0 Å². The maximum absolute atomic E-state index is 11.8. The zero-order valence-corrected chi connectivity index (χ0v) is 21.2. The summed E-state index contributed by atoms with van der Waals surface area (Å²) in [6.07, 6.45) is 7.94. The first kappa shape index (κ1) is 25.8. The summed E-state index contributed by atoms with van der Waals surface area (Å²) < 4.78 is 6.46. The molecule has 0 bridgehead atoms. The number of allylic oxidation sites excluding steroid dienone is 2. The second kappa shape index (κ2) is 10.4. The molecule has 0 aliphatic heterocycles. The van der Waals surface area contributed by atoms with E-state index in [1.54, 1.807) is 12.1 Å². The van der Waals surface area contributed by atoms with Crippen molar-refractivity contribution < 1.29 is 14.5 Å². The van der Waals surface area contributed by atoms with Gasteiger partial charge in [-0.1, -0.05) is 57.5 Å². The number of aliphatic hydroxyl groups excluding tert-OH is 1. The fraction of sp³-hybridized carbons (Fsp3) is 0.680. The third kappa shape index (κ3) is 6.27. The highest BCUT2D eigenvalue weighted by atomic mass is 28.4. The quantitative estimate of drug-likeness (QED) is 0.172. The van der Waals surface area contributed by atoms with Gasteiger partial charge in [0.05, 0.1) is 4.92 Å². The van der Waals surface area contributed by atoms with Crippen molar-refractivity contribution in [2.24, 2.45) is 5.41 Å². The molecule has 5 nitrogen and oxygen atoms in total. The Morgan fingerprint density at radius 1 is 1.29 bits per heavy atom. The van der Waals surface area contributed by atoms with E-state index in [0.29, 0.717) is 6.61 Å². The van der Waals surface area contributed by atoms with Gasteiger partial charge in [-0.3, -0.25) is 10.1 Å². The van der Waals surface area contributed by atoms with Crippen molar-refractivity contribution in [3.8, 4) is 0 Å². The summed E-state index contributed by atoms with van der Waals surface area (Å²) in [7, 11) is -1.88. The summed E-state index contributed by atoms with van der Waals surface area (Å²) >= 11 is 0. The zero-order valence-electron chi connectivity index (χ0n) is 20.2. The van der Waals surface area contributed by atoms with Crippen LogP contribution in [0.1, 0.15) is 77.7 Å². The third-order valence-electron chi connectivity index (χ3n) is 7.57. The Morgan fingerprint density at radius 2 is 1.97 bits per heavy atom. The summed E-state index contributed by atoms with van der Waals surface area (Å²) in [6, 6.07) is 7.17. The van der Waals surface area contributed by atoms with Crippen LogP contribution in [0.3, 0.4) is 0 Å². The number of nitro groups is 1. The molecule has 0 saturated carbocycles. The first-order valence-electron chi connectivity index (χ1n) is 11.7. The van der Waals surface area contributed by atoms with Crippen molar-refractivity contribution >= 4 is 14.0 Å². The molecule has 0 radical (unpaired) electrons. The van der Waals surface area contributed by atoms with E-state index in [2.05, 4.69) is 46.9 Å². The molecule has 6 heteroatoms. The van der Waals surface area contributed by atoms with Crippen LogP contribution >= 0.6 is 0 Å². The van der Waals surface area contributed by atoms with E-state index in [1.807, 2.05) is 12.1 Å². The van der Waals surface area contributed by atoms with Crippen molar-refractivity contribution in [3.05, 3.63) is 51.6 Å². The van der Waals surface area contributed by atoms with Crippen molar-refractivity contribution in [2.45, 2.75) is 90.3 Å². The number of para-hydroxylation sites is 1. The normalized spacial score (nSPS) is 20.5. The van der Waals surface area contributed by atoms with Gasteiger partial charge < -0.3 is 9.53 Å². The van der Waals surface area contributed by atoms with Crippen LogP contribution in [0.2, 0.25) is 18.1 Å². The second-order valence-corrected chi connectivity index (χ2v) is 15.3. The SMILES string of the molecule is CC[C@]1(CCCO)C=C(C(CCO[Si](C)(C)C(C)(C)C)c2ccccc2[N+](=O)[O-])CC1. The summed E-state index contributed by atoms with van der Waals surface area (Å²) in [4.78, 5) is 11.5. The van der Waals surface area contributed by atoms with Crippen LogP contribution in [0, 0.1) is 15.5 Å². The van der Waals surface area contributed by atoms with Gasteiger partial charge in [-0.25, -0.2) is 0 Å². The predicted octanol–water partition coefficient (Wildman–Crippen LogP) is 6.98. The van der Waals surface area contributed by atoms with Crippen molar-refractivity contribution in [2.75, 3.05) is 13.2 Å². The second-order valence-electron chi connectivity index (χ2n) is 10.5. The molecule has 2 atom stereocenters. The summed E-state index contributed by atoms with van der Waals surface area (Å²) in [5, 5.41) is 21.2. The van der Waals surface area contributed by atoms with Gasteiger partial charge in [0.2, 0.25) is 0 Å². The lowest BCUT2D eigenvalue weighted by Gasteiger charge is -2.36. The Kier molecular flexibility index (Phi) is 8.65. The summed E-state index contributed by atoms with van der Waals surface area (Å²) in [6.45, 7) is 14.2. The molecular weight excluding hydrogens is 406 g/mol. The zero-order chi connectivity index (χ0) is 23.3. The Labute approximate surface area is 189 Å². The minimum Gasteiger partial charge on any atom is -0.417 e. The lowest BCUT2D eigenvalue weighted by molar-refractivity contribution is -0.385. The van der Waals surface area contributed by atoms with Gasteiger partial charge >= 0.3 is 0 Å². The topological polar surface area (TPSA) is 72.6 Å². The van der Waals surface area contributed by atoms with Gasteiger partial charge in [-0.05, 0) is 62.1 Å². The molecule has 0 saturated heterocycles. The lowest BCUT2D eigenvalue weighted by atomic mass is 9.80. The highest BCUT2D eigenvalue weighted by Gasteiger charge is 2.38. The Balaban J connectivity index is 2.35. The van der Waals surface area contributed by atoms with Gasteiger partial charge in [-0.2, -0.15) is 0 Å². The molecule has 0 fully saturated rings. The van der Waals surface area contributed by atoms with Crippen LogP contribution < -0.4 is 0 Å². The Morgan fingerprint density at radius 3 is 2.55 bits per heavy atom. The molecule has 1 unspecified atom stereocenters. The fourth-order valence-electron chi connectivity index (χ4n) is 4.43. The molecule has 1 aliphatic rings. The van der Waals surface area contributed by atoms with Gasteiger partial charge in [0.25, 0.3) is 5.69 Å². The third-order valence-corrected chi connectivity index (χ3v) is 12.1. The number of benzene rings is 1. The monoisotopic (exact) mass is 447 g/mol. The Hall–Kier alpha value is -1.50. The number of nitro benzene ring substituents is 1. The van der Waals surface area contributed by atoms with E-state index in [4.69, 9.17) is 4.43 Å². The molecule has 0 spiro atoms. The van der Waals surface area contributed by atoms with Crippen LogP contribution in [0.25, 0.3) is 0 Å². The average Bonchev–Trinajstić information content (AvgIpc) is 3.13. The number of hydrogen-bond acceptors (Lipinski definition) is 4. The molecule has 0 aromatic heterocycles. The van der Waals surface area contributed by atoms with Crippen molar-refractivity contribution in [1.29, 1.82) is 0 Å². The minimum absolute atomic E-state index is 0.00563. The largest absolute Gasteiger partial charge is 0.417 e. The first-order chi connectivity index (χ1) is 14.5. The molecule has 0 heterocycles. The fourth-order valence-corrected chi connectivity index (χ4v) is 5.49. The Bertz CT molecular complexity index is 784. The number of nitrogens with zero attached hydrogens (tertiary/aromatic N) is 1. The molecule has 174 valence electrons. The number of aliphatic hydroxyl groups is 1. The minimum atomic E-state index is -1.88. The van der Waals surface area contributed by atoms with E-state index in [0.717, 1.165) is 44.1 Å². The van der Waals surface area contributed by atoms with Crippen LogP contribution in [0.4, 0.5) is 5.69 Å². The van der Waals surface area contributed by atoms with Gasteiger partial charge in [0, 0.05) is 30.8 Å². The van der Waals surface area contributed by atoms with E-state index >= 15 is 0 Å². The molecule has 1 N–H and O–H groups in total. The summed E-state index contributed by atoms with van der Waals surface area (Å²) in [5.41, 5.74) is 2.39. The van der Waals surface area contributed by atoms with E-state index in [-0.39, 0.29) is 33.6 Å². The number of rotatable bonds is 11. The van der Waals surface area contributed by atoms with E-state index in [1.165, 1.54) is 5.57 Å². The van der Waals surface area contributed by atoms with Crippen LogP contribution in [0.15, 0.2) is 35.9 Å². The smallest absolute Gasteiger partial charge is 0.273 e. The van der Waals surface area contributed by atoms with Crippen LogP contribution in [-0.2, 0) is 4.43 Å². The highest BCUT2D eigenvalue weighted by molar-refractivity contribution is 6.74. The molecule has 1 aliphatic carbocycles. The van der Waals surface area contributed by atoms with Gasteiger partial charge in [0.15, 0.2) is 8.32 Å². The van der Waals surface area contributed by atoms with Gasteiger partial charge in [-0.15, -0.1) is 0 Å². The van der Waals surface area contributed by atoms with E-state index in [9.17, 15) is 15.2 Å². The van der Waals surface area contributed by atoms with Crippen LogP contribution in [0.5, 0.6) is 0 Å². The van der Waals surface area contributed by atoms with Crippen LogP contribution in [-0.4, -0.2) is 31.6 Å². The molecular formula is C25H41NO4Si. The average molecular weight is 448 g/mol. The maximum Gasteiger partial charge on any atom is 0.273 e. The predicted molar refractivity (Wildman–Crippen MR) is 130 cm³/mol. The maximum atomic E-state index is 11.8. The van der Waals surface area contributed by atoms with Crippen molar-refractivity contribution in [1.82, 2.24) is 0 Å².